The second-order valence-corrected chi connectivity index (χ2v) is 2.34. The van der Waals surface area contributed by atoms with Gasteiger partial charge in [-0.05, 0) is 12.1 Å². The van der Waals surface area contributed by atoms with E-state index in [0.29, 0.717) is 0 Å². The molecular formula is C7H6N2O5. The van der Waals surface area contributed by atoms with Gasteiger partial charge in [0, 0.05) is 0 Å². The minimum atomic E-state index is -1.34. The van der Waals surface area contributed by atoms with Gasteiger partial charge < -0.3 is 10.8 Å². The van der Waals surface area contributed by atoms with E-state index < -0.39 is 16.8 Å². The van der Waals surface area contributed by atoms with E-state index in [1.165, 1.54) is 12.1 Å². The van der Waals surface area contributed by atoms with E-state index in [-0.39, 0.29) is 11.3 Å². The first-order chi connectivity index (χ1) is 6.52. The number of benzene rings is 1. The maximum absolute atomic E-state index is 10.6. The molecule has 3 N–H and O–H groups in total. The minimum absolute atomic E-state index is 0.0957. The average Bonchev–Trinajstić information content (AvgIpc) is 2.07. The number of carbonyl (C=O) groups is 1. The molecule has 14 heavy (non-hydrogen) atoms. The highest BCUT2D eigenvalue weighted by Gasteiger charge is 2.15. The van der Waals surface area contributed by atoms with Gasteiger partial charge in [-0.3, -0.25) is 4.84 Å². The number of rotatable bonds is 3. The third-order valence-electron chi connectivity index (χ3n) is 1.44. The van der Waals surface area contributed by atoms with Gasteiger partial charge in [-0.1, -0.05) is 6.07 Å². The molecular weight excluding hydrogens is 192 g/mol. The van der Waals surface area contributed by atoms with Gasteiger partial charge in [0.15, 0.2) is 5.75 Å². The molecule has 0 aliphatic carbocycles. The van der Waals surface area contributed by atoms with Crippen molar-refractivity contribution < 1.29 is 19.8 Å². The van der Waals surface area contributed by atoms with E-state index in [1.807, 2.05) is 0 Å². The summed E-state index contributed by atoms with van der Waals surface area (Å²) in [5, 5.41) is 17.6. The van der Waals surface area contributed by atoms with E-state index in [4.69, 9.17) is 10.8 Å². The van der Waals surface area contributed by atoms with Gasteiger partial charge in [0.25, 0.3) is 5.09 Å². The van der Waals surface area contributed by atoms with Crippen LogP contribution >= 0.6 is 0 Å². The van der Waals surface area contributed by atoms with E-state index in [1.54, 1.807) is 0 Å². The van der Waals surface area contributed by atoms with Gasteiger partial charge in [0.1, 0.15) is 0 Å². The zero-order valence-corrected chi connectivity index (χ0v) is 6.84. The lowest BCUT2D eigenvalue weighted by molar-refractivity contribution is -0.710. The average molecular weight is 198 g/mol. The Balaban J connectivity index is 3.22. The number of nitrogen functional groups attached to an aromatic ring is 1. The second kappa shape index (κ2) is 3.60. The van der Waals surface area contributed by atoms with Crippen molar-refractivity contribution >= 4 is 11.7 Å². The molecule has 0 spiro atoms. The van der Waals surface area contributed by atoms with Crippen molar-refractivity contribution in [2.24, 2.45) is 0 Å². The molecule has 0 fully saturated rings. The van der Waals surface area contributed by atoms with Crippen molar-refractivity contribution in [2.45, 2.75) is 0 Å². The first-order valence-electron chi connectivity index (χ1n) is 3.46. The molecule has 0 aromatic heterocycles. The number of aromatic carboxylic acids is 1. The van der Waals surface area contributed by atoms with Crippen LogP contribution in [0.25, 0.3) is 0 Å². The molecule has 0 saturated heterocycles. The van der Waals surface area contributed by atoms with Crippen LogP contribution in [0.3, 0.4) is 0 Å². The summed E-state index contributed by atoms with van der Waals surface area (Å²) >= 11 is 0. The normalized spacial score (nSPS) is 9.43. The molecule has 0 aliphatic rings. The monoisotopic (exact) mass is 198 g/mol. The van der Waals surface area contributed by atoms with Gasteiger partial charge >= 0.3 is 5.97 Å². The van der Waals surface area contributed by atoms with Crippen LogP contribution in [0.4, 0.5) is 5.69 Å². The Kier molecular flexibility index (Phi) is 2.52. The fourth-order valence-electron chi connectivity index (χ4n) is 0.900. The SMILES string of the molecule is Nc1cccc(C(=O)O)c1O[N+](=O)[O-]. The number of para-hydroxylation sites is 1. The molecule has 0 bridgehead atoms. The Morgan fingerprint density at radius 3 is 2.71 bits per heavy atom. The quantitative estimate of drug-likeness (QED) is 0.416. The second-order valence-electron chi connectivity index (χ2n) is 2.34. The van der Waals surface area contributed by atoms with Crippen LogP contribution in [-0.4, -0.2) is 16.2 Å². The molecule has 0 atom stereocenters. The Bertz CT molecular complexity index is 390. The first-order valence-corrected chi connectivity index (χ1v) is 3.46. The third-order valence-corrected chi connectivity index (χ3v) is 1.44. The molecule has 74 valence electrons. The summed E-state index contributed by atoms with van der Waals surface area (Å²) in [5.41, 5.74) is 4.87. The topological polar surface area (TPSA) is 116 Å². The molecule has 0 heterocycles. The number of hydrogen-bond donors (Lipinski definition) is 2. The Morgan fingerprint density at radius 1 is 1.57 bits per heavy atom. The summed E-state index contributed by atoms with van der Waals surface area (Å²) in [4.78, 5) is 24.7. The zero-order chi connectivity index (χ0) is 10.7. The van der Waals surface area contributed by atoms with Crippen LogP contribution in [0.1, 0.15) is 10.4 Å². The van der Waals surface area contributed by atoms with Crippen molar-refractivity contribution in [3.63, 3.8) is 0 Å². The number of nitrogens with zero attached hydrogens (tertiary/aromatic N) is 1. The summed E-state index contributed by atoms with van der Waals surface area (Å²) in [7, 11) is 0. The van der Waals surface area contributed by atoms with E-state index >= 15 is 0 Å². The van der Waals surface area contributed by atoms with Gasteiger partial charge in [0.2, 0.25) is 0 Å². The van der Waals surface area contributed by atoms with Crippen molar-refractivity contribution in [3.05, 3.63) is 33.9 Å². The largest absolute Gasteiger partial charge is 0.478 e. The van der Waals surface area contributed by atoms with Crippen LogP contribution in [0.2, 0.25) is 0 Å². The molecule has 1 aromatic carbocycles. The number of carboxylic acid groups (broad SMARTS) is 1. The summed E-state index contributed by atoms with van der Waals surface area (Å²) in [6, 6.07) is 3.84. The zero-order valence-electron chi connectivity index (χ0n) is 6.84. The predicted octanol–water partition coefficient (Wildman–Crippen LogP) is 0.537. The van der Waals surface area contributed by atoms with E-state index in [9.17, 15) is 14.9 Å². The van der Waals surface area contributed by atoms with Crippen LogP contribution in [0.15, 0.2) is 18.2 Å². The Labute approximate surface area is 77.8 Å². The van der Waals surface area contributed by atoms with Crippen LogP contribution in [0.5, 0.6) is 5.75 Å². The number of carboxylic acids is 1. The third kappa shape index (κ3) is 1.89. The molecule has 0 radical (unpaired) electrons. The van der Waals surface area contributed by atoms with Crippen LogP contribution < -0.4 is 10.6 Å². The molecule has 0 unspecified atom stereocenters. The number of nitrogens with two attached hydrogens (primary N) is 1. The van der Waals surface area contributed by atoms with Crippen molar-refractivity contribution in [3.8, 4) is 5.75 Å². The lowest BCUT2D eigenvalue weighted by Gasteiger charge is -2.05. The predicted molar refractivity (Wildman–Crippen MR) is 45.4 cm³/mol. The summed E-state index contributed by atoms with van der Waals surface area (Å²) < 4.78 is 0. The van der Waals surface area contributed by atoms with E-state index in [2.05, 4.69) is 4.84 Å². The first kappa shape index (κ1) is 9.78. The van der Waals surface area contributed by atoms with Gasteiger partial charge in [-0.25, -0.2) is 4.79 Å². The Morgan fingerprint density at radius 2 is 2.21 bits per heavy atom. The van der Waals surface area contributed by atoms with Crippen molar-refractivity contribution in [1.29, 1.82) is 0 Å². The summed E-state index contributed by atoms with van der Waals surface area (Å²) in [5.74, 6) is -1.79. The lowest BCUT2D eigenvalue weighted by atomic mass is 10.2. The molecule has 0 amide bonds. The van der Waals surface area contributed by atoms with Crippen molar-refractivity contribution in [2.75, 3.05) is 5.73 Å². The molecule has 1 rings (SSSR count). The molecule has 1 aromatic rings. The maximum atomic E-state index is 10.6. The number of hydrogen-bond acceptors (Lipinski definition) is 5. The number of anilines is 1. The standard InChI is InChI=1S/C7H6N2O5/c8-5-3-1-2-4(7(10)11)6(5)14-9(12)13/h1-3H,8H2,(H,10,11). The van der Waals surface area contributed by atoms with Crippen molar-refractivity contribution in [1.82, 2.24) is 0 Å². The lowest BCUT2D eigenvalue weighted by Crippen LogP contribution is -2.10. The smallest absolute Gasteiger partial charge is 0.338 e. The highest BCUT2D eigenvalue weighted by atomic mass is 17.0. The Hall–Kier alpha value is -2.31. The highest BCUT2D eigenvalue weighted by Crippen LogP contribution is 2.26. The molecule has 0 saturated carbocycles. The fraction of sp³-hybridized carbons (Fsp3) is 0. The molecule has 7 nitrogen and oxygen atoms in total. The minimum Gasteiger partial charge on any atom is -0.478 e. The maximum Gasteiger partial charge on any atom is 0.338 e. The van der Waals surface area contributed by atoms with Gasteiger partial charge in [0.05, 0.1) is 11.3 Å². The van der Waals surface area contributed by atoms with E-state index in [0.717, 1.165) is 6.07 Å². The van der Waals surface area contributed by atoms with Crippen LogP contribution in [-0.2, 0) is 0 Å². The summed E-state index contributed by atoms with van der Waals surface area (Å²) in [6.07, 6.45) is 0. The van der Waals surface area contributed by atoms with Gasteiger partial charge in [-0.15, -0.1) is 10.1 Å². The summed E-state index contributed by atoms with van der Waals surface area (Å²) in [6.45, 7) is 0. The van der Waals surface area contributed by atoms with Gasteiger partial charge in [-0.2, -0.15) is 0 Å². The molecule has 7 heteroatoms. The highest BCUT2D eigenvalue weighted by molar-refractivity contribution is 5.93. The molecule has 0 aliphatic heterocycles. The fourth-order valence-corrected chi connectivity index (χ4v) is 0.900. The van der Waals surface area contributed by atoms with Crippen LogP contribution in [0, 0.1) is 10.1 Å².